The first-order chi connectivity index (χ1) is 18.9. The monoisotopic (exact) mass is 537 g/mol. The van der Waals surface area contributed by atoms with Gasteiger partial charge < -0.3 is 14.8 Å². The lowest BCUT2D eigenvalue weighted by molar-refractivity contribution is -0.115. The van der Waals surface area contributed by atoms with Crippen molar-refractivity contribution in [1.29, 1.82) is 5.26 Å². The molecular formula is C32H31N3O3S. The van der Waals surface area contributed by atoms with Gasteiger partial charge in [0.2, 0.25) is 5.91 Å². The van der Waals surface area contributed by atoms with E-state index in [1.807, 2.05) is 78.9 Å². The number of benzene rings is 3. The summed E-state index contributed by atoms with van der Waals surface area (Å²) in [4.78, 5) is 17.5. The van der Waals surface area contributed by atoms with E-state index in [4.69, 9.17) is 14.5 Å². The van der Waals surface area contributed by atoms with Crippen LogP contribution in [0, 0.1) is 11.3 Å². The van der Waals surface area contributed by atoms with Gasteiger partial charge in [0.25, 0.3) is 0 Å². The predicted octanol–water partition coefficient (Wildman–Crippen LogP) is 7.55. The van der Waals surface area contributed by atoms with Crippen molar-refractivity contribution in [3.05, 3.63) is 90.0 Å². The van der Waals surface area contributed by atoms with E-state index in [1.165, 1.54) is 17.3 Å². The lowest BCUT2D eigenvalue weighted by atomic mass is 9.98. The molecule has 4 rings (SSSR count). The van der Waals surface area contributed by atoms with Crippen molar-refractivity contribution in [3.8, 4) is 40.0 Å². The fourth-order valence-corrected chi connectivity index (χ4v) is 5.09. The van der Waals surface area contributed by atoms with Crippen molar-refractivity contribution >= 4 is 23.4 Å². The number of nitrogens with one attached hydrogen (secondary N) is 1. The highest BCUT2D eigenvalue weighted by molar-refractivity contribution is 7.99. The van der Waals surface area contributed by atoms with Crippen LogP contribution in [0.5, 0.6) is 11.5 Å². The molecule has 0 saturated heterocycles. The van der Waals surface area contributed by atoms with E-state index in [9.17, 15) is 10.1 Å². The third-order valence-corrected chi connectivity index (χ3v) is 7.27. The molecular weight excluding hydrogens is 506 g/mol. The van der Waals surface area contributed by atoms with Crippen LogP contribution in [-0.4, -0.2) is 30.9 Å². The van der Waals surface area contributed by atoms with E-state index in [1.54, 1.807) is 14.2 Å². The molecule has 0 atom stereocenters. The lowest BCUT2D eigenvalue weighted by Gasteiger charge is -2.15. The number of carbonyl (C=O) groups is 1. The van der Waals surface area contributed by atoms with E-state index in [0.717, 1.165) is 22.5 Å². The Morgan fingerprint density at radius 2 is 1.72 bits per heavy atom. The molecule has 4 aromatic rings. The number of thioether (sulfide) groups is 1. The van der Waals surface area contributed by atoms with Gasteiger partial charge in [-0.3, -0.25) is 4.79 Å². The quantitative estimate of drug-likeness (QED) is 0.210. The number of amides is 1. The molecule has 6 nitrogen and oxygen atoms in total. The maximum absolute atomic E-state index is 12.7. The first kappa shape index (κ1) is 27.7. The van der Waals surface area contributed by atoms with Crippen LogP contribution in [0.1, 0.15) is 37.3 Å². The standard InChI is InChI=1S/C32H31N3O3S/c1-21(2)22-10-12-24(13-11-22)34-31(36)16-17-39-32-28(20-33)26(19-29(35-32)23-8-6-5-7-9-23)27-18-25(37-3)14-15-30(27)38-4/h5-15,18-19,21H,16-17H2,1-4H3,(H,34,36). The zero-order valence-corrected chi connectivity index (χ0v) is 23.3. The van der Waals surface area contributed by atoms with Crippen LogP contribution in [0.4, 0.5) is 5.69 Å². The van der Waals surface area contributed by atoms with Gasteiger partial charge in [-0.2, -0.15) is 5.26 Å². The molecule has 3 aromatic carbocycles. The van der Waals surface area contributed by atoms with Gasteiger partial charge in [-0.15, -0.1) is 11.8 Å². The zero-order valence-electron chi connectivity index (χ0n) is 22.5. The molecule has 0 saturated carbocycles. The van der Waals surface area contributed by atoms with Crippen LogP contribution in [0.2, 0.25) is 0 Å². The number of hydrogen-bond donors (Lipinski definition) is 1. The van der Waals surface area contributed by atoms with Crippen LogP contribution in [0.3, 0.4) is 0 Å². The first-order valence-corrected chi connectivity index (χ1v) is 13.7. The van der Waals surface area contributed by atoms with Gasteiger partial charge in [-0.1, -0.05) is 56.3 Å². The van der Waals surface area contributed by atoms with Crippen molar-refractivity contribution < 1.29 is 14.3 Å². The fraction of sp³-hybridized carbons (Fsp3) is 0.219. The number of hydrogen-bond acceptors (Lipinski definition) is 6. The summed E-state index contributed by atoms with van der Waals surface area (Å²) in [6.07, 6.45) is 0.274. The number of aromatic nitrogens is 1. The highest BCUT2D eigenvalue weighted by atomic mass is 32.2. The molecule has 0 radical (unpaired) electrons. The molecule has 198 valence electrons. The summed E-state index contributed by atoms with van der Waals surface area (Å²) < 4.78 is 11.1. The van der Waals surface area contributed by atoms with Crippen molar-refractivity contribution in [2.24, 2.45) is 0 Å². The Hall–Kier alpha value is -4.28. The molecule has 0 aliphatic rings. The SMILES string of the molecule is COc1ccc(OC)c(-c2cc(-c3ccccc3)nc(SCCC(=O)Nc3ccc(C(C)C)cc3)c2C#N)c1. The summed E-state index contributed by atoms with van der Waals surface area (Å²) in [7, 11) is 3.20. The number of ether oxygens (including phenoxy) is 2. The van der Waals surface area contributed by atoms with E-state index < -0.39 is 0 Å². The Kier molecular flexibility index (Phi) is 9.24. The molecule has 0 bridgehead atoms. The molecule has 39 heavy (non-hydrogen) atoms. The maximum atomic E-state index is 12.7. The summed E-state index contributed by atoms with van der Waals surface area (Å²) in [5.41, 5.74) is 5.50. The van der Waals surface area contributed by atoms with Crippen LogP contribution in [0.25, 0.3) is 22.4 Å². The van der Waals surface area contributed by atoms with E-state index in [0.29, 0.717) is 39.3 Å². The summed E-state index contributed by atoms with van der Waals surface area (Å²) in [5, 5.41) is 13.7. The number of rotatable bonds is 10. The van der Waals surface area contributed by atoms with E-state index >= 15 is 0 Å². The number of methoxy groups -OCH3 is 2. The summed E-state index contributed by atoms with van der Waals surface area (Å²) in [6, 6.07) is 27.5. The number of carbonyl (C=O) groups excluding carboxylic acids is 1. The first-order valence-electron chi connectivity index (χ1n) is 12.7. The molecule has 1 amide bonds. The average molecular weight is 538 g/mol. The van der Waals surface area contributed by atoms with E-state index in [2.05, 4.69) is 25.2 Å². The zero-order chi connectivity index (χ0) is 27.8. The largest absolute Gasteiger partial charge is 0.497 e. The van der Waals surface area contributed by atoms with Crippen LogP contribution < -0.4 is 14.8 Å². The summed E-state index contributed by atoms with van der Waals surface area (Å²) in [5.74, 6) is 2.08. The number of nitrogens with zero attached hydrogens (tertiary/aromatic N) is 2. The molecule has 1 aromatic heterocycles. The maximum Gasteiger partial charge on any atom is 0.225 e. The number of nitriles is 1. The predicted molar refractivity (Wildman–Crippen MR) is 157 cm³/mol. The Morgan fingerprint density at radius 3 is 2.36 bits per heavy atom. The highest BCUT2D eigenvalue weighted by Gasteiger charge is 2.19. The van der Waals surface area contributed by atoms with Crippen LogP contribution >= 0.6 is 11.8 Å². The van der Waals surface area contributed by atoms with Crippen molar-refractivity contribution in [3.63, 3.8) is 0 Å². The van der Waals surface area contributed by atoms with Gasteiger partial charge in [0.15, 0.2) is 0 Å². The minimum atomic E-state index is -0.0905. The van der Waals surface area contributed by atoms with Gasteiger partial charge >= 0.3 is 0 Å². The number of anilines is 1. The second-order valence-corrected chi connectivity index (χ2v) is 10.3. The van der Waals surface area contributed by atoms with Crippen LogP contribution in [0.15, 0.2) is 83.9 Å². The Morgan fingerprint density at radius 1 is 0.974 bits per heavy atom. The third kappa shape index (κ3) is 6.78. The molecule has 1 N–H and O–H groups in total. The smallest absolute Gasteiger partial charge is 0.225 e. The van der Waals surface area contributed by atoms with E-state index in [-0.39, 0.29) is 12.3 Å². The van der Waals surface area contributed by atoms with Crippen molar-refractivity contribution in [2.45, 2.75) is 31.2 Å². The Balaban J connectivity index is 1.62. The minimum absolute atomic E-state index is 0.0905. The van der Waals surface area contributed by atoms with Crippen LogP contribution in [-0.2, 0) is 4.79 Å². The van der Waals surface area contributed by atoms with Gasteiger partial charge in [-0.25, -0.2) is 4.98 Å². The molecule has 1 heterocycles. The topological polar surface area (TPSA) is 84.2 Å². The molecule has 0 aliphatic heterocycles. The molecule has 0 aliphatic carbocycles. The summed E-state index contributed by atoms with van der Waals surface area (Å²) >= 11 is 1.39. The number of pyridine rings is 1. The fourth-order valence-electron chi connectivity index (χ4n) is 4.14. The minimum Gasteiger partial charge on any atom is -0.497 e. The van der Waals surface area contributed by atoms with Crippen molar-refractivity contribution in [2.75, 3.05) is 25.3 Å². The lowest BCUT2D eigenvalue weighted by Crippen LogP contribution is -2.12. The second kappa shape index (κ2) is 13.0. The molecule has 0 unspecified atom stereocenters. The highest BCUT2D eigenvalue weighted by Crippen LogP contribution is 2.40. The third-order valence-electron chi connectivity index (χ3n) is 6.29. The normalized spacial score (nSPS) is 10.7. The Bertz CT molecular complexity index is 1480. The van der Waals surface area contributed by atoms with Crippen molar-refractivity contribution in [1.82, 2.24) is 4.98 Å². The summed E-state index contributed by atoms with van der Waals surface area (Å²) in [6.45, 7) is 4.27. The average Bonchev–Trinajstić information content (AvgIpc) is 2.97. The Labute approximate surface area is 234 Å². The van der Waals surface area contributed by atoms with Gasteiger partial charge in [0, 0.05) is 34.6 Å². The molecule has 0 fully saturated rings. The molecule has 0 spiro atoms. The van der Waals surface area contributed by atoms with Gasteiger partial charge in [0.05, 0.1) is 25.5 Å². The van der Waals surface area contributed by atoms with Gasteiger partial charge in [-0.05, 0) is 47.9 Å². The molecule has 7 heteroatoms. The van der Waals surface area contributed by atoms with Gasteiger partial charge in [0.1, 0.15) is 22.6 Å². The second-order valence-electron chi connectivity index (χ2n) is 9.20.